The van der Waals surface area contributed by atoms with E-state index in [1.165, 1.54) is 6.07 Å². The molecule has 0 unspecified atom stereocenters. The molecular weight excluding hydrogens is 500 g/mol. The van der Waals surface area contributed by atoms with Gasteiger partial charge in [-0.2, -0.15) is 0 Å². The van der Waals surface area contributed by atoms with Crippen LogP contribution < -0.4 is 16.0 Å². The van der Waals surface area contributed by atoms with Crippen LogP contribution in [0, 0.1) is 11.6 Å². The number of aromatic nitrogens is 2. The molecule has 3 aromatic rings. The lowest BCUT2D eigenvalue weighted by molar-refractivity contribution is -0.118. The van der Waals surface area contributed by atoms with E-state index in [4.69, 9.17) is 4.74 Å². The van der Waals surface area contributed by atoms with Gasteiger partial charge in [-0.25, -0.2) is 13.8 Å². The summed E-state index contributed by atoms with van der Waals surface area (Å²) < 4.78 is 35.4. The topological polar surface area (TPSA) is 80.2 Å². The Morgan fingerprint density at radius 1 is 1.15 bits per heavy atom. The van der Waals surface area contributed by atoms with Crippen LogP contribution in [-0.4, -0.2) is 46.8 Å². The lowest BCUT2D eigenvalue weighted by Crippen LogP contribution is -2.48. The second-order valence-corrected chi connectivity index (χ2v) is 10.5. The number of benzene rings is 2. The van der Waals surface area contributed by atoms with Gasteiger partial charge in [0.1, 0.15) is 18.0 Å². The van der Waals surface area contributed by atoms with Crippen molar-refractivity contribution in [3.8, 4) is 5.69 Å². The number of aryl methyl sites for hydroxylation is 1. The van der Waals surface area contributed by atoms with Crippen molar-refractivity contribution in [2.24, 2.45) is 0 Å². The van der Waals surface area contributed by atoms with Crippen LogP contribution in [0.15, 0.2) is 48.9 Å². The molecule has 1 aliphatic carbocycles. The highest BCUT2D eigenvalue weighted by Crippen LogP contribution is 2.26. The zero-order chi connectivity index (χ0) is 27.2. The second kappa shape index (κ2) is 12.8. The fourth-order valence-corrected chi connectivity index (χ4v) is 5.59. The van der Waals surface area contributed by atoms with Crippen molar-refractivity contribution in [3.63, 3.8) is 0 Å². The third-order valence-corrected chi connectivity index (χ3v) is 7.70. The number of carbonyl (C=O) groups is 1. The molecule has 7 nitrogen and oxygen atoms in total. The number of para-hydroxylation sites is 1. The van der Waals surface area contributed by atoms with Crippen molar-refractivity contribution in [1.29, 1.82) is 0 Å². The molecule has 0 saturated carbocycles. The summed E-state index contributed by atoms with van der Waals surface area (Å²) in [5.41, 5.74) is 3.41. The molecule has 2 heterocycles. The van der Waals surface area contributed by atoms with E-state index in [0.717, 1.165) is 68.3 Å². The van der Waals surface area contributed by atoms with Crippen molar-refractivity contribution in [2.75, 3.05) is 18.5 Å². The van der Waals surface area contributed by atoms with Gasteiger partial charge in [0.2, 0.25) is 5.91 Å². The van der Waals surface area contributed by atoms with Gasteiger partial charge < -0.3 is 25.3 Å². The maximum Gasteiger partial charge on any atom is 0.242 e. The van der Waals surface area contributed by atoms with E-state index in [1.807, 2.05) is 35.9 Å². The molecule has 2 aliphatic rings. The van der Waals surface area contributed by atoms with Crippen LogP contribution in [-0.2, 0) is 28.9 Å². The van der Waals surface area contributed by atoms with E-state index in [9.17, 15) is 13.6 Å². The van der Waals surface area contributed by atoms with Crippen molar-refractivity contribution >= 4 is 11.7 Å². The van der Waals surface area contributed by atoms with Crippen LogP contribution in [0.2, 0.25) is 0 Å². The Morgan fingerprint density at radius 2 is 1.97 bits per heavy atom. The molecule has 3 N–H and O–H groups in total. The van der Waals surface area contributed by atoms with E-state index in [0.29, 0.717) is 36.7 Å². The first-order valence-corrected chi connectivity index (χ1v) is 14.0. The van der Waals surface area contributed by atoms with Gasteiger partial charge in [0.25, 0.3) is 0 Å². The number of amides is 1. The zero-order valence-electron chi connectivity index (χ0n) is 22.4. The Hall–Kier alpha value is -3.14. The molecule has 0 spiro atoms. The van der Waals surface area contributed by atoms with E-state index < -0.39 is 17.7 Å². The summed E-state index contributed by atoms with van der Waals surface area (Å²) in [5.74, 6) is -0.743. The first kappa shape index (κ1) is 27.4. The van der Waals surface area contributed by atoms with E-state index in [-0.39, 0.29) is 11.9 Å². The molecule has 39 heavy (non-hydrogen) atoms. The third kappa shape index (κ3) is 6.90. The molecule has 1 aromatic heterocycles. The molecule has 1 aliphatic heterocycles. The number of ether oxygens (including phenoxy) is 1. The number of carbonyl (C=O) groups excluding carboxylic acids is 1. The highest BCUT2D eigenvalue weighted by atomic mass is 19.1. The molecule has 9 heteroatoms. The first-order valence-electron chi connectivity index (χ1n) is 14.0. The monoisotopic (exact) mass is 537 g/mol. The minimum absolute atomic E-state index is 0.0626. The smallest absolute Gasteiger partial charge is 0.242 e. The van der Waals surface area contributed by atoms with Crippen LogP contribution in [0.5, 0.6) is 0 Å². The average Bonchev–Trinajstić information content (AvgIpc) is 3.41. The van der Waals surface area contributed by atoms with Gasteiger partial charge in [-0.15, -0.1) is 0 Å². The number of nitrogens with zero attached hydrogens (tertiary/aromatic N) is 2. The van der Waals surface area contributed by atoms with Crippen LogP contribution >= 0.6 is 0 Å². The number of nitrogens with one attached hydrogen (secondary N) is 3. The van der Waals surface area contributed by atoms with Crippen LogP contribution in [0.3, 0.4) is 0 Å². The summed E-state index contributed by atoms with van der Waals surface area (Å²) in [6.45, 7) is 4.35. The minimum atomic E-state index is -0.543. The third-order valence-electron chi connectivity index (χ3n) is 7.70. The molecule has 0 bridgehead atoms. The van der Waals surface area contributed by atoms with Crippen molar-refractivity contribution in [2.45, 2.75) is 76.5 Å². The van der Waals surface area contributed by atoms with E-state index in [1.54, 1.807) is 6.33 Å². The number of halogens is 2. The summed E-state index contributed by atoms with van der Waals surface area (Å²) in [7, 11) is 0. The Balaban J connectivity index is 1.22. The number of imidazole rings is 1. The van der Waals surface area contributed by atoms with Gasteiger partial charge in [0, 0.05) is 37.9 Å². The van der Waals surface area contributed by atoms with Gasteiger partial charge in [-0.3, -0.25) is 4.79 Å². The summed E-state index contributed by atoms with van der Waals surface area (Å²) in [6.07, 6.45) is 8.75. The summed E-state index contributed by atoms with van der Waals surface area (Å²) in [4.78, 5) is 17.7. The number of anilines is 1. The minimum Gasteiger partial charge on any atom is -0.381 e. The molecule has 2 atom stereocenters. The molecule has 5 rings (SSSR count). The standard InChI is InChI=1S/C30H37F2N5O2/c1-2-5-27(35-24-9-8-20-14-22(31)15-26(32)25(20)16-24)30(38)36-29-18-37(19-34-29)28-7-4-3-6-21(28)17-33-23-10-12-39-13-11-23/h3-4,6-7,14-15,18-19,23-24,27,33,35H,2,5,8-13,16-17H2,1H3,(H,36,38)/t24-,27-/m0/s1. The second-order valence-electron chi connectivity index (χ2n) is 10.5. The van der Waals surface area contributed by atoms with Crippen LogP contribution in [0.1, 0.15) is 55.7 Å². The van der Waals surface area contributed by atoms with Crippen molar-refractivity contribution in [3.05, 3.63) is 77.2 Å². The Bertz CT molecular complexity index is 1270. The normalized spacial score (nSPS) is 18.5. The summed E-state index contributed by atoms with van der Waals surface area (Å²) >= 11 is 0. The summed E-state index contributed by atoms with van der Waals surface area (Å²) in [6, 6.07) is 10.5. The Morgan fingerprint density at radius 3 is 2.79 bits per heavy atom. The Kier molecular flexibility index (Phi) is 9.01. The van der Waals surface area contributed by atoms with E-state index >= 15 is 0 Å². The molecule has 1 saturated heterocycles. The number of fused-ring (bicyclic) bond motifs is 1. The Labute approximate surface area is 228 Å². The van der Waals surface area contributed by atoms with Crippen LogP contribution in [0.25, 0.3) is 5.69 Å². The molecule has 2 aromatic carbocycles. The molecule has 1 fully saturated rings. The molecular formula is C30H37F2N5O2. The maximum atomic E-state index is 14.4. The van der Waals surface area contributed by atoms with Crippen molar-refractivity contribution in [1.82, 2.24) is 20.2 Å². The zero-order valence-corrected chi connectivity index (χ0v) is 22.4. The van der Waals surface area contributed by atoms with Gasteiger partial charge >= 0.3 is 0 Å². The largest absolute Gasteiger partial charge is 0.381 e. The van der Waals surface area contributed by atoms with Gasteiger partial charge in [-0.05, 0) is 67.3 Å². The number of hydrogen-bond acceptors (Lipinski definition) is 5. The average molecular weight is 538 g/mol. The SMILES string of the molecule is CCC[C@H](N[C@H]1CCc2cc(F)cc(F)c2C1)C(=O)Nc1cn(-c2ccccc2CNC2CCOCC2)cn1. The predicted molar refractivity (Wildman–Crippen MR) is 147 cm³/mol. The molecule has 1 amide bonds. The lowest BCUT2D eigenvalue weighted by Gasteiger charge is -2.29. The fraction of sp³-hybridized carbons (Fsp3) is 0.467. The maximum absolute atomic E-state index is 14.4. The first-order chi connectivity index (χ1) is 19.0. The summed E-state index contributed by atoms with van der Waals surface area (Å²) in [5, 5.41) is 10.0. The van der Waals surface area contributed by atoms with Crippen molar-refractivity contribution < 1.29 is 18.3 Å². The number of rotatable bonds is 10. The van der Waals surface area contributed by atoms with Gasteiger partial charge in [0.05, 0.1) is 17.9 Å². The highest BCUT2D eigenvalue weighted by Gasteiger charge is 2.27. The molecule has 208 valence electrons. The fourth-order valence-electron chi connectivity index (χ4n) is 5.59. The van der Waals surface area contributed by atoms with Gasteiger partial charge in [0.15, 0.2) is 5.82 Å². The van der Waals surface area contributed by atoms with E-state index in [2.05, 4.69) is 27.0 Å². The van der Waals surface area contributed by atoms with Gasteiger partial charge in [-0.1, -0.05) is 31.5 Å². The number of hydrogen-bond donors (Lipinski definition) is 3. The van der Waals surface area contributed by atoms with Crippen LogP contribution in [0.4, 0.5) is 14.6 Å². The predicted octanol–water partition coefficient (Wildman–Crippen LogP) is 4.67. The lowest BCUT2D eigenvalue weighted by atomic mass is 9.87. The highest BCUT2D eigenvalue weighted by molar-refractivity contribution is 5.94. The molecule has 0 radical (unpaired) electrons. The quantitative estimate of drug-likeness (QED) is 0.350.